The first-order chi connectivity index (χ1) is 10.1. The number of aliphatic imine (C=N–C) groups is 1. The molecule has 1 heterocycles. The summed E-state index contributed by atoms with van der Waals surface area (Å²) in [5, 5.41) is 0.584. The Hall–Kier alpha value is -1.71. The third kappa shape index (κ3) is 3.49. The van der Waals surface area contributed by atoms with Crippen molar-refractivity contribution in [2.24, 2.45) is 4.99 Å². The van der Waals surface area contributed by atoms with Crippen molar-refractivity contribution in [3.8, 4) is 18.1 Å². The highest BCUT2D eigenvalue weighted by atomic mass is 35.5. The van der Waals surface area contributed by atoms with Gasteiger partial charge in [-0.15, -0.1) is 6.42 Å². The lowest BCUT2D eigenvalue weighted by atomic mass is 10.3. The Morgan fingerprint density at radius 3 is 3.05 bits per heavy atom. The van der Waals surface area contributed by atoms with E-state index in [-0.39, 0.29) is 29.0 Å². The van der Waals surface area contributed by atoms with E-state index in [1.54, 1.807) is 0 Å². The summed E-state index contributed by atoms with van der Waals surface area (Å²) < 4.78 is 19.2. The molecule has 0 bridgehead atoms. The number of rotatable bonds is 4. The van der Waals surface area contributed by atoms with Gasteiger partial charge in [-0.25, -0.2) is 9.38 Å². The standard InChI is InChI=1S/C14H12ClFN2O2S/c1-3-5-20-12-7-11(10(16)6-9(12)15)17-14-18(4-2)13(19)8-21-14/h1,6-7H,4-5,8H2,2H3. The zero-order chi connectivity index (χ0) is 15.4. The molecule has 0 spiro atoms. The van der Waals surface area contributed by atoms with Crippen LogP contribution in [-0.2, 0) is 4.79 Å². The minimum absolute atomic E-state index is 0.0235. The molecule has 1 aromatic carbocycles. The van der Waals surface area contributed by atoms with Crippen LogP contribution in [0.15, 0.2) is 17.1 Å². The lowest BCUT2D eigenvalue weighted by Crippen LogP contribution is -2.28. The Bertz CT molecular complexity index is 643. The largest absolute Gasteiger partial charge is 0.479 e. The maximum absolute atomic E-state index is 13.9. The summed E-state index contributed by atoms with van der Waals surface area (Å²) in [7, 11) is 0. The highest BCUT2D eigenvalue weighted by Crippen LogP contribution is 2.33. The number of benzene rings is 1. The first kappa shape index (κ1) is 15.7. The van der Waals surface area contributed by atoms with E-state index in [0.29, 0.717) is 17.5 Å². The van der Waals surface area contributed by atoms with E-state index in [1.807, 2.05) is 6.92 Å². The van der Waals surface area contributed by atoms with E-state index in [9.17, 15) is 9.18 Å². The van der Waals surface area contributed by atoms with E-state index >= 15 is 0 Å². The average molecular weight is 327 g/mol. The molecule has 0 atom stereocenters. The summed E-state index contributed by atoms with van der Waals surface area (Å²) in [4.78, 5) is 17.3. The minimum atomic E-state index is -0.587. The molecule has 7 heteroatoms. The number of hydrogen-bond acceptors (Lipinski definition) is 4. The molecule has 0 N–H and O–H groups in total. The van der Waals surface area contributed by atoms with Crippen molar-refractivity contribution >= 4 is 40.1 Å². The molecule has 0 radical (unpaired) electrons. The Labute approximate surface area is 131 Å². The molecule has 1 aliphatic rings. The van der Waals surface area contributed by atoms with Gasteiger partial charge in [-0.1, -0.05) is 29.3 Å². The highest BCUT2D eigenvalue weighted by Gasteiger charge is 2.27. The van der Waals surface area contributed by atoms with Gasteiger partial charge in [0.1, 0.15) is 18.0 Å². The molecule has 1 fully saturated rings. The molecule has 0 unspecified atom stereocenters. The number of amidine groups is 1. The highest BCUT2D eigenvalue weighted by molar-refractivity contribution is 8.15. The Kier molecular flexibility index (Phi) is 5.10. The molecule has 0 aromatic heterocycles. The van der Waals surface area contributed by atoms with Crippen LogP contribution < -0.4 is 4.74 Å². The van der Waals surface area contributed by atoms with Crippen LogP contribution in [0.3, 0.4) is 0 Å². The molecule has 1 aliphatic heterocycles. The third-order valence-electron chi connectivity index (χ3n) is 2.70. The van der Waals surface area contributed by atoms with Crippen molar-refractivity contribution < 1.29 is 13.9 Å². The van der Waals surface area contributed by atoms with Crippen LogP contribution in [-0.4, -0.2) is 34.9 Å². The summed E-state index contributed by atoms with van der Waals surface area (Å²) in [6.45, 7) is 2.34. The maximum atomic E-state index is 13.9. The third-order valence-corrected chi connectivity index (χ3v) is 3.96. The molecule has 1 saturated heterocycles. The molecule has 0 aliphatic carbocycles. The van der Waals surface area contributed by atoms with Crippen LogP contribution in [0.4, 0.5) is 10.1 Å². The fourth-order valence-electron chi connectivity index (χ4n) is 1.73. The topological polar surface area (TPSA) is 41.9 Å². The van der Waals surface area contributed by atoms with E-state index in [1.165, 1.54) is 22.7 Å². The number of halogens is 2. The molecule has 1 amide bonds. The fraction of sp³-hybridized carbons (Fsp3) is 0.286. The van der Waals surface area contributed by atoms with Crippen LogP contribution in [0.1, 0.15) is 6.92 Å². The zero-order valence-electron chi connectivity index (χ0n) is 11.2. The van der Waals surface area contributed by atoms with Crippen molar-refractivity contribution in [2.45, 2.75) is 6.92 Å². The molecular weight excluding hydrogens is 315 g/mol. The van der Waals surface area contributed by atoms with E-state index in [0.717, 1.165) is 6.07 Å². The summed E-state index contributed by atoms with van der Waals surface area (Å²) in [6.07, 6.45) is 5.11. The minimum Gasteiger partial charge on any atom is -0.479 e. The van der Waals surface area contributed by atoms with Gasteiger partial charge in [-0.05, 0) is 13.0 Å². The van der Waals surface area contributed by atoms with E-state index in [2.05, 4.69) is 10.9 Å². The smallest absolute Gasteiger partial charge is 0.239 e. The number of amides is 1. The van der Waals surface area contributed by atoms with Gasteiger partial charge < -0.3 is 4.74 Å². The van der Waals surface area contributed by atoms with Gasteiger partial charge in [0.05, 0.1) is 10.8 Å². The number of ether oxygens (including phenoxy) is 1. The first-order valence-electron chi connectivity index (χ1n) is 6.14. The Morgan fingerprint density at radius 2 is 2.38 bits per heavy atom. The Morgan fingerprint density at radius 1 is 1.62 bits per heavy atom. The summed E-state index contributed by atoms with van der Waals surface area (Å²) in [6, 6.07) is 2.49. The van der Waals surface area contributed by atoms with Gasteiger partial charge in [-0.3, -0.25) is 9.69 Å². The van der Waals surface area contributed by atoms with Crippen LogP contribution in [0.2, 0.25) is 5.02 Å². The molecule has 4 nitrogen and oxygen atoms in total. The first-order valence-corrected chi connectivity index (χ1v) is 7.50. The predicted molar refractivity (Wildman–Crippen MR) is 82.7 cm³/mol. The number of hydrogen-bond donors (Lipinski definition) is 0. The predicted octanol–water partition coefficient (Wildman–Crippen LogP) is 3.07. The van der Waals surface area contributed by atoms with Gasteiger partial charge in [0.2, 0.25) is 5.91 Å². The number of thioether (sulfide) groups is 1. The quantitative estimate of drug-likeness (QED) is 0.799. The van der Waals surface area contributed by atoms with Gasteiger partial charge in [0.15, 0.2) is 11.0 Å². The monoisotopic (exact) mass is 326 g/mol. The Balaban J connectivity index is 2.35. The number of nitrogens with zero attached hydrogens (tertiary/aromatic N) is 2. The molecule has 2 rings (SSSR count). The number of terminal acetylenes is 1. The van der Waals surface area contributed by atoms with Gasteiger partial charge in [0.25, 0.3) is 0 Å². The van der Waals surface area contributed by atoms with Crippen molar-refractivity contribution in [3.05, 3.63) is 23.0 Å². The van der Waals surface area contributed by atoms with Gasteiger partial charge >= 0.3 is 0 Å². The number of carbonyl (C=O) groups is 1. The van der Waals surface area contributed by atoms with Crippen LogP contribution >= 0.6 is 23.4 Å². The zero-order valence-corrected chi connectivity index (χ0v) is 12.8. The van der Waals surface area contributed by atoms with Gasteiger partial charge in [0, 0.05) is 12.6 Å². The van der Waals surface area contributed by atoms with Crippen LogP contribution in [0.25, 0.3) is 0 Å². The van der Waals surface area contributed by atoms with Crippen molar-refractivity contribution in [3.63, 3.8) is 0 Å². The lowest BCUT2D eigenvalue weighted by molar-refractivity contribution is -0.123. The van der Waals surface area contributed by atoms with E-state index in [4.69, 9.17) is 22.8 Å². The second kappa shape index (κ2) is 6.83. The van der Waals surface area contributed by atoms with Crippen LogP contribution in [0, 0.1) is 18.2 Å². The molecule has 21 heavy (non-hydrogen) atoms. The summed E-state index contributed by atoms with van der Waals surface area (Å²) in [5.74, 6) is 2.24. The van der Waals surface area contributed by atoms with Crippen molar-refractivity contribution in [1.82, 2.24) is 4.90 Å². The molecule has 110 valence electrons. The average Bonchev–Trinajstić information content (AvgIpc) is 2.80. The lowest BCUT2D eigenvalue weighted by Gasteiger charge is -2.13. The van der Waals surface area contributed by atoms with Crippen molar-refractivity contribution in [2.75, 3.05) is 18.9 Å². The summed E-state index contributed by atoms with van der Waals surface area (Å²) in [5.41, 5.74) is 0.0575. The van der Waals surface area contributed by atoms with Crippen LogP contribution in [0.5, 0.6) is 5.75 Å². The number of carbonyl (C=O) groups excluding carboxylic acids is 1. The van der Waals surface area contributed by atoms with Crippen molar-refractivity contribution in [1.29, 1.82) is 0 Å². The second-order valence-corrected chi connectivity index (χ2v) is 5.40. The molecular formula is C14H12ClFN2O2S. The molecule has 1 aromatic rings. The van der Waals surface area contributed by atoms with Gasteiger partial charge in [-0.2, -0.15) is 0 Å². The maximum Gasteiger partial charge on any atom is 0.239 e. The molecule has 0 saturated carbocycles. The van der Waals surface area contributed by atoms with E-state index < -0.39 is 5.82 Å². The summed E-state index contributed by atoms with van der Waals surface area (Å²) >= 11 is 7.15. The normalized spacial score (nSPS) is 16.4. The fourth-order valence-corrected chi connectivity index (χ4v) is 2.89. The SMILES string of the molecule is C#CCOc1cc(N=C2SCC(=O)N2CC)c(F)cc1Cl. The second-order valence-electron chi connectivity index (χ2n) is 4.05.